The van der Waals surface area contributed by atoms with E-state index in [0.717, 1.165) is 49.0 Å². The number of nitrogens with two attached hydrogens (primary N) is 2. The lowest BCUT2D eigenvalue weighted by Gasteiger charge is -2.45. The fourth-order valence-electron chi connectivity index (χ4n) is 4.43. The molecule has 2 aromatic carbocycles. The molecule has 1 aliphatic heterocycles. The third-order valence-electron chi connectivity index (χ3n) is 5.86. The van der Waals surface area contributed by atoms with Gasteiger partial charge in [0.15, 0.2) is 0 Å². The van der Waals surface area contributed by atoms with E-state index in [1.165, 1.54) is 6.42 Å². The summed E-state index contributed by atoms with van der Waals surface area (Å²) in [5.41, 5.74) is 15.0. The van der Waals surface area contributed by atoms with Crippen LogP contribution in [0.25, 0.3) is 0 Å². The molecule has 0 bridgehead atoms. The fourth-order valence-corrected chi connectivity index (χ4v) is 4.43. The lowest BCUT2D eigenvalue weighted by Crippen LogP contribution is -2.58. The molecule has 2 aliphatic rings. The number of benzene rings is 2. The van der Waals surface area contributed by atoms with E-state index in [1.807, 2.05) is 47.4 Å². The molecule has 30 heavy (non-hydrogen) atoms. The Bertz CT molecular complexity index is 1010. The number of hydrogen-bond donors (Lipinski definition) is 3. The lowest BCUT2D eigenvalue weighted by atomic mass is 9.87. The van der Waals surface area contributed by atoms with Gasteiger partial charge in [-0.3, -0.25) is 9.69 Å². The monoisotopic (exact) mass is 404 g/mol. The van der Waals surface area contributed by atoms with E-state index in [0.29, 0.717) is 11.5 Å². The van der Waals surface area contributed by atoms with E-state index < -0.39 is 5.66 Å². The predicted octanol–water partition coefficient (Wildman–Crippen LogP) is 3.61. The van der Waals surface area contributed by atoms with Crippen LogP contribution in [0.2, 0.25) is 0 Å². The van der Waals surface area contributed by atoms with Crippen molar-refractivity contribution in [3.63, 3.8) is 0 Å². The maximum absolute atomic E-state index is 13.0. The van der Waals surface area contributed by atoms with Gasteiger partial charge in [0.2, 0.25) is 11.9 Å². The summed E-state index contributed by atoms with van der Waals surface area (Å²) in [6.45, 7) is 2.07. The lowest BCUT2D eigenvalue weighted by molar-refractivity contribution is 0.102. The molecule has 1 amide bonds. The SMILES string of the molecule is CCc1ccccc1NC(=O)c1cccc(N2C(N)=NC(N)=NC23CCCCC3)c1. The Hall–Kier alpha value is -3.35. The normalized spacial score (nSPS) is 18.0. The first-order chi connectivity index (χ1) is 14.5. The van der Waals surface area contributed by atoms with E-state index in [9.17, 15) is 4.79 Å². The van der Waals surface area contributed by atoms with Crippen molar-refractivity contribution in [2.75, 3.05) is 10.2 Å². The molecule has 7 nitrogen and oxygen atoms in total. The zero-order valence-corrected chi connectivity index (χ0v) is 17.3. The van der Waals surface area contributed by atoms with Crippen molar-refractivity contribution in [3.05, 3.63) is 59.7 Å². The van der Waals surface area contributed by atoms with Gasteiger partial charge < -0.3 is 16.8 Å². The van der Waals surface area contributed by atoms with Crippen LogP contribution in [0.3, 0.4) is 0 Å². The van der Waals surface area contributed by atoms with Crippen molar-refractivity contribution >= 4 is 29.2 Å². The summed E-state index contributed by atoms with van der Waals surface area (Å²) in [5.74, 6) is 0.375. The average molecular weight is 405 g/mol. The van der Waals surface area contributed by atoms with Gasteiger partial charge in [0.1, 0.15) is 5.66 Å². The molecule has 5 N–H and O–H groups in total. The Balaban J connectivity index is 1.65. The van der Waals surface area contributed by atoms with Crippen LogP contribution in [-0.2, 0) is 6.42 Å². The number of aryl methyl sites for hydroxylation is 1. The molecule has 0 aromatic heterocycles. The van der Waals surface area contributed by atoms with Gasteiger partial charge in [0.05, 0.1) is 0 Å². The number of guanidine groups is 2. The number of rotatable bonds is 4. The number of nitrogens with zero attached hydrogens (tertiary/aromatic N) is 3. The second-order valence-electron chi connectivity index (χ2n) is 7.83. The molecular weight excluding hydrogens is 376 g/mol. The highest BCUT2D eigenvalue weighted by Crippen LogP contribution is 2.39. The van der Waals surface area contributed by atoms with Gasteiger partial charge in [0, 0.05) is 16.9 Å². The Kier molecular flexibility index (Phi) is 5.44. The Labute approximate surface area is 176 Å². The van der Waals surface area contributed by atoms with Crippen LogP contribution in [0, 0.1) is 0 Å². The molecule has 0 radical (unpaired) electrons. The molecule has 1 heterocycles. The molecule has 1 spiro atoms. The first-order valence-corrected chi connectivity index (χ1v) is 10.5. The Morgan fingerprint density at radius 3 is 2.63 bits per heavy atom. The van der Waals surface area contributed by atoms with E-state index in [-0.39, 0.29) is 11.9 Å². The van der Waals surface area contributed by atoms with Crippen LogP contribution in [0.5, 0.6) is 0 Å². The number of carbonyl (C=O) groups excluding carboxylic acids is 1. The first-order valence-electron chi connectivity index (χ1n) is 10.5. The van der Waals surface area contributed by atoms with Crippen molar-refractivity contribution in [2.24, 2.45) is 21.5 Å². The summed E-state index contributed by atoms with van der Waals surface area (Å²) < 4.78 is 0. The number of carbonyl (C=O) groups is 1. The number of amides is 1. The maximum atomic E-state index is 13.0. The largest absolute Gasteiger partial charge is 0.369 e. The predicted molar refractivity (Wildman–Crippen MR) is 122 cm³/mol. The minimum atomic E-state index is -0.530. The zero-order valence-electron chi connectivity index (χ0n) is 17.3. The van der Waals surface area contributed by atoms with Crippen LogP contribution < -0.4 is 21.7 Å². The van der Waals surface area contributed by atoms with Crippen LogP contribution >= 0.6 is 0 Å². The second kappa shape index (κ2) is 8.18. The molecule has 0 saturated heterocycles. The number of para-hydroxylation sites is 1. The van der Waals surface area contributed by atoms with Gasteiger partial charge in [-0.15, -0.1) is 0 Å². The molecule has 4 rings (SSSR count). The van der Waals surface area contributed by atoms with Crippen molar-refractivity contribution < 1.29 is 4.79 Å². The van der Waals surface area contributed by atoms with Gasteiger partial charge >= 0.3 is 0 Å². The molecule has 0 atom stereocenters. The number of anilines is 2. The summed E-state index contributed by atoms with van der Waals surface area (Å²) in [4.78, 5) is 23.8. The molecular formula is C23H28N6O. The van der Waals surface area contributed by atoms with Crippen LogP contribution in [0.15, 0.2) is 58.5 Å². The van der Waals surface area contributed by atoms with E-state index >= 15 is 0 Å². The molecule has 0 unspecified atom stereocenters. The number of aliphatic imine (C=N–C) groups is 2. The smallest absolute Gasteiger partial charge is 0.255 e. The summed E-state index contributed by atoms with van der Waals surface area (Å²) in [7, 11) is 0. The van der Waals surface area contributed by atoms with Gasteiger partial charge in [0.25, 0.3) is 5.91 Å². The standard InChI is InChI=1S/C23H28N6O/c1-2-16-9-4-5-12-19(16)26-20(30)17-10-8-11-18(15-17)29-22(25)27-21(24)28-23(29)13-6-3-7-14-23/h4-5,8-12,15H,2-3,6-7,13-14H2,1H3,(H,26,30)(H4,24,25,27,28). The first kappa shape index (κ1) is 19.9. The molecule has 1 saturated carbocycles. The van der Waals surface area contributed by atoms with Crippen LogP contribution in [0.4, 0.5) is 11.4 Å². The van der Waals surface area contributed by atoms with Crippen molar-refractivity contribution in [2.45, 2.75) is 51.1 Å². The van der Waals surface area contributed by atoms with Gasteiger partial charge in [-0.25, -0.2) is 4.99 Å². The summed E-state index contributed by atoms with van der Waals surface area (Å²) in [6, 6.07) is 15.3. The van der Waals surface area contributed by atoms with Crippen LogP contribution in [-0.4, -0.2) is 23.5 Å². The second-order valence-corrected chi connectivity index (χ2v) is 7.83. The average Bonchev–Trinajstić information content (AvgIpc) is 2.74. The van der Waals surface area contributed by atoms with Crippen molar-refractivity contribution in [1.82, 2.24) is 0 Å². The van der Waals surface area contributed by atoms with Crippen molar-refractivity contribution in [1.29, 1.82) is 0 Å². The van der Waals surface area contributed by atoms with Gasteiger partial charge in [-0.05, 0) is 61.9 Å². The minimum absolute atomic E-state index is 0.161. The molecule has 2 aromatic rings. The molecule has 1 fully saturated rings. The third kappa shape index (κ3) is 3.75. The van der Waals surface area contributed by atoms with Gasteiger partial charge in [-0.2, -0.15) is 4.99 Å². The summed E-state index contributed by atoms with van der Waals surface area (Å²) >= 11 is 0. The maximum Gasteiger partial charge on any atom is 0.255 e. The zero-order chi connectivity index (χ0) is 21.1. The Morgan fingerprint density at radius 2 is 1.87 bits per heavy atom. The van der Waals surface area contributed by atoms with E-state index in [2.05, 4.69) is 17.2 Å². The topological polar surface area (TPSA) is 109 Å². The molecule has 156 valence electrons. The molecule has 1 aliphatic carbocycles. The Morgan fingerprint density at radius 1 is 1.10 bits per heavy atom. The highest BCUT2D eigenvalue weighted by atomic mass is 16.1. The quantitative estimate of drug-likeness (QED) is 0.723. The third-order valence-corrected chi connectivity index (χ3v) is 5.86. The van der Waals surface area contributed by atoms with E-state index in [1.54, 1.807) is 6.07 Å². The van der Waals surface area contributed by atoms with Crippen LogP contribution in [0.1, 0.15) is 54.9 Å². The fraction of sp³-hybridized carbons (Fsp3) is 0.348. The number of hydrogen-bond acceptors (Lipinski definition) is 6. The summed E-state index contributed by atoms with van der Waals surface area (Å²) in [5, 5.41) is 3.03. The minimum Gasteiger partial charge on any atom is -0.369 e. The van der Waals surface area contributed by atoms with Crippen molar-refractivity contribution in [3.8, 4) is 0 Å². The van der Waals surface area contributed by atoms with E-state index in [4.69, 9.17) is 16.5 Å². The highest BCUT2D eigenvalue weighted by molar-refractivity contribution is 6.08. The molecule has 7 heteroatoms. The summed E-state index contributed by atoms with van der Waals surface area (Å²) in [6.07, 6.45) is 5.82. The highest BCUT2D eigenvalue weighted by Gasteiger charge is 2.42. The number of nitrogens with one attached hydrogen (secondary N) is 1. The van der Waals surface area contributed by atoms with Gasteiger partial charge in [-0.1, -0.05) is 37.6 Å².